The van der Waals surface area contributed by atoms with Crippen molar-refractivity contribution in [1.82, 2.24) is 5.32 Å². The molecule has 116 valence electrons. The summed E-state index contributed by atoms with van der Waals surface area (Å²) < 4.78 is 0. The molecule has 2 N–H and O–H groups in total. The highest BCUT2D eigenvalue weighted by Crippen LogP contribution is 2.37. The minimum Gasteiger partial charge on any atom is -0.393 e. The molecule has 2 aromatic rings. The summed E-state index contributed by atoms with van der Waals surface area (Å²) in [4.78, 5) is 0. The normalized spacial score (nSPS) is 28.5. The van der Waals surface area contributed by atoms with E-state index in [2.05, 4.69) is 74.6 Å². The maximum Gasteiger partial charge on any atom is 0.0602 e. The van der Waals surface area contributed by atoms with E-state index < -0.39 is 0 Å². The number of aliphatic hydroxyl groups excluding tert-OH is 1. The second kappa shape index (κ2) is 6.23. The lowest BCUT2D eigenvalue weighted by atomic mass is 9.81. The summed E-state index contributed by atoms with van der Waals surface area (Å²) in [6, 6.07) is 17.7. The summed E-state index contributed by atoms with van der Waals surface area (Å²) in [5.41, 5.74) is 5.05. The maximum atomic E-state index is 10.5. The molecule has 0 bridgehead atoms. The van der Waals surface area contributed by atoms with Crippen LogP contribution < -0.4 is 5.32 Å². The van der Waals surface area contributed by atoms with Gasteiger partial charge in [-0.05, 0) is 31.4 Å². The van der Waals surface area contributed by atoms with Gasteiger partial charge in [0.05, 0.1) is 6.10 Å². The van der Waals surface area contributed by atoms with Gasteiger partial charge in [0.1, 0.15) is 0 Å². The summed E-state index contributed by atoms with van der Waals surface area (Å²) in [6.45, 7) is 6.34. The van der Waals surface area contributed by atoms with Gasteiger partial charge in [-0.15, -0.1) is 0 Å². The highest BCUT2D eigenvalue weighted by molar-refractivity contribution is 5.29. The van der Waals surface area contributed by atoms with E-state index in [0.29, 0.717) is 0 Å². The smallest absolute Gasteiger partial charge is 0.0602 e. The molecule has 0 amide bonds. The largest absolute Gasteiger partial charge is 0.393 e. The third-order valence-corrected chi connectivity index (χ3v) is 4.91. The molecule has 4 atom stereocenters. The van der Waals surface area contributed by atoms with Crippen LogP contribution in [0.5, 0.6) is 0 Å². The van der Waals surface area contributed by atoms with Crippen LogP contribution in [-0.4, -0.2) is 11.2 Å². The van der Waals surface area contributed by atoms with Gasteiger partial charge < -0.3 is 10.4 Å². The fourth-order valence-electron chi connectivity index (χ4n) is 3.32. The first kappa shape index (κ1) is 15.3. The summed E-state index contributed by atoms with van der Waals surface area (Å²) in [5.74, 6) is 0.212. The van der Waals surface area contributed by atoms with E-state index in [1.807, 2.05) is 0 Å². The highest BCUT2D eigenvalue weighted by Gasteiger charge is 2.34. The molecule has 1 aliphatic heterocycles. The van der Waals surface area contributed by atoms with Crippen molar-refractivity contribution in [1.29, 1.82) is 0 Å². The molecule has 3 rings (SSSR count). The van der Waals surface area contributed by atoms with E-state index in [4.69, 9.17) is 0 Å². The number of piperidine rings is 1. The summed E-state index contributed by atoms with van der Waals surface area (Å²) in [6.07, 6.45) is 0.492. The minimum atomic E-state index is -0.279. The van der Waals surface area contributed by atoms with Gasteiger partial charge in [0.2, 0.25) is 0 Å². The molecule has 1 saturated heterocycles. The Labute approximate surface area is 133 Å². The lowest BCUT2D eigenvalue weighted by Gasteiger charge is -2.40. The van der Waals surface area contributed by atoms with Crippen LogP contribution in [0.3, 0.4) is 0 Å². The Morgan fingerprint density at radius 3 is 1.91 bits per heavy atom. The number of nitrogens with one attached hydrogen (secondary N) is 1. The second-order valence-electron chi connectivity index (χ2n) is 6.68. The fraction of sp³-hybridized carbons (Fsp3) is 0.400. The number of benzene rings is 2. The topological polar surface area (TPSA) is 32.3 Å². The average molecular weight is 295 g/mol. The van der Waals surface area contributed by atoms with Gasteiger partial charge in [-0.1, -0.05) is 66.6 Å². The van der Waals surface area contributed by atoms with Gasteiger partial charge in [-0.25, -0.2) is 0 Å². The molecule has 1 aliphatic rings. The first-order chi connectivity index (χ1) is 10.5. The van der Waals surface area contributed by atoms with Gasteiger partial charge in [0, 0.05) is 18.0 Å². The molecule has 0 aromatic heterocycles. The van der Waals surface area contributed by atoms with Crippen molar-refractivity contribution in [3.63, 3.8) is 0 Å². The van der Waals surface area contributed by atoms with E-state index >= 15 is 0 Å². The zero-order chi connectivity index (χ0) is 15.7. The third kappa shape index (κ3) is 3.08. The molecular formula is C20H25NO. The Morgan fingerprint density at radius 1 is 0.864 bits per heavy atom. The standard InChI is InChI=1S/C20H25NO/c1-13-4-8-16(9-5-13)18-12-19(22)15(3)20(21-18)17-10-6-14(2)7-11-17/h4-11,15,18-22H,12H2,1-3H3/t15-,18+,19-,20+/m1/s1. The van der Waals surface area contributed by atoms with Crippen molar-refractivity contribution in [2.45, 2.75) is 45.4 Å². The van der Waals surface area contributed by atoms with Gasteiger partial charge in [-0.2, -0.15) is 0 Å². The van der Waals surface area contributed by atoms with Gasteiger partial charge >= 0.3 is 0 Å². The molecule has 2 aromatic carbocycles. The molecule has 0 saturated carbocycles. The van der Waals surface area contributed by atoms with Crippen molar-refractivity contribution in [3.05, 3.63) is 70.8 Å². The third-order valence-electron chi connectivity index (χ3n) is 4.91. The average Bonchev–Trinajstić information content (AvgIpc) is 2.52. The molecule has 0 spiro atoms. The lowest BCUT2D eigenvalue weighted by molar-refractivity contribution is 0.0402. The number of hydrogen-bond donors (Lipinski definition) is 2. The summed E-state index contributed by atoms with van der Waals surface area (Å²) in [7, 11) is 0. The molecule has 2 heteroatoms. The lowest BCUT2D eigenvalue weighted by Crippen LogP contribution is -2.43. The first-order valence-corrected chi connectivity index (χ1v) is 8.12. The van der Waals surface area contributed by atoms with Gasteiger partial charge in [-0.3, -0.25) is 0 Å². The predicted molar refractivity (Wildman–Crippen MR) is 90.8 cm³/mol. The Hall–Kier alpha value is -1.64. The van der Waals surface area contributed by atoms with Crippen LogP contribution in [0.15, 0.2) is 48.5 Å². The maximum absolute atomic E-state index is 10.5. The molecule has 0 aliphatic carbocycles. The zero-order valence-electron chi connectivity index (χ0n) is 13.6. The van der Waals surface area contributed by atoms with Crippen molar-refractivity contribution >= 4 is 0 Å². The molecule has 0 unspecified atom stereocenters. The SMILES string of the molecule is Cc1ccc([C@@H]2C[C@@H](O)[C@@H](C)[C@@H](c3ccc(C)cc3)N2)cc1. The van der Waals surface area contributed by atoms with E-state index in [-0.39, 0.29) is 24.1 Å². The first-order valence-electron chi connectivity index (χ1n) is 8.12. The predicted octanol–water partition coefficient (Wildman–Crippen LogP) is 4.08. The van der Waals surface area contributed by atoms with Crippen LogP contribution in [0, 0.1) is 19.8 Å². The summed E-state index contributed by atoms with van der Waals surface area (Å²) >= 11 is 0. The van der Waals surface area contributed by atoms with Crippen molar-refractivity contribution < 1.29 is 5.11 Å². The molecular weight excluding hydrogens is 270 g/mol. The minimum absolute atomic E-state index is 0.190. The van der Waals surface area contributed by atoms with E-state index in [0.717, 1.165) is 6.42 Å². The Morgan fingerprint density at radius 2 is 1.36 bits per heavy atom. The molecule has 22 heavy (non-hydrogen) atoms. The number of aliphatic hydroxyl groups is 1. The molecule has 1 heterocycles. The second-order valence-corrected chi connectivity index (χ2v) is 6.68. The number of rotatable bonds is 2. The van der Waals surface area contributed by atoms with Crippen molar-refractivity contribution in [2.24, 2.45) is 5.92 Å². The van der Waals surface area contributed by atoms with Crippen LogP contribution in [0.2, 0.25) is 0 Å². The van der Waals surface area contributed by atoms with Crippen molar-refractivity contribution in [2.75, 3.05) is 0 Å². The van der Waals surface area contributed by atoms with Gasteiger partial charge in [0.15, 0.2) is 0 Å². The Balaban J connectivity index is 1.86. The van der Waals surface area contributed by atoms with Crippen LogP contribution in [0.4, 0.5) is 0 Å². The van der Waals surface area contributed by atoms with Crippen LogP contribution in [-0.2, 0) is 0 Å². The number of hydrogen-bond acceptors (Lipinski definition) is 2. The van der Waals surface area contributed by atoms with Gasteiger partial charge in [0.25, 0.3) is 0 Å². The zero-order valence-corrected chi connectivity index (χ0v) is 13.6. The molecule has 2 nitrogen and oxygen atoms in total. The number of aryl methyl sites for hydroxylation is 2. The van der Waals surface area contributed by atoms with E-state index in [1.165, 1.54) is 22.3 Å². The Kier molecular flexibility index (Phi) is 4.32. The summed E-state index contributed by atoms with van der Waals surface area (Å²) in [5, 5.41) is 14.3. The fourth-order valence-corrected chi connectivity index (χ4v) is 3.32. The Bertz CT molecular complexity index is 617. The monoisotopic (exact) mass is 295 g/mol. The van der Waals surface area contributed by atoms with Crippen LogP contribution in [0.25, 0.3) is 0 Å². The van der Waals surface area contributed by atoms with E-state index in [9.17, 15) is 5.11 Å². The van der Waals surface area contributed by atoms with Crippen molar-refractivity contribution in [3.8, 4) is 0 Å². The highest BCUT2D eigenvalue weighted by atomic mass is 16.3. The van der Waals surface area contributed by atoms with Crippen LogP contribution >= 0.6 is 0 Å². The quantitative estimate of drug-likeness (QED) is 0.875. The van der Waals surface area contributed by atoms with E-state index in [1.54, 1.807) is 0 Å². The molecule has 1 fully saturated rings. The molecule has 0 radical (unpaired) electrons. The van der Waals surface area contributed by atoms with Crippen LogP contribution in [0.1, 0.15) is 47.7 Å².